The predicted molar refractivity (Wildman–Crippen MR) is 49.3 cm³/mol. The lowest BCUT2D eigenvalue weighted by Gasteiger charge is -2.09. The van der Waals surface area contributed by atoms with E-state index in [9.17, 15) is 0 Å². The summed E-state index contributed by atoms with van der Waals surface area (Å²) in [5.41, 5.74) is 7.48. The molecule has 0 fully saturated rings. The van der Waals surface area contributed by atoms with E-state index in [1.54, 1.807) is 12.4 Å². The van der Waals surface area contributed by atoms with Crippen molar-refractivity contribution in [2.24, 2.45) is 0 Å². The van der Waals surface area contributed by atoms with Crippen molar-refractivity contribution in [3.63, 3.8) is 0 Å². The lowest BCUT2D eigenvalue weighted by molar-refractivity contribution is 0.471. The van der Waals surface area contributed by atoms with Crippen LogP contribution in [0.3, 0.4) is 0 Å². The number of nitrogens with zero attached hydrogens (tertiary/aromatic N) is 1. The second kappa shape index (κ2) is 4.85. The van der Waals surface area contributed by atoms with Crippen LogP contribution in [0.2, 0.25) is 0 Å². The molecule has 66 valence electrons. The maximum absolute atomic E-state index is 3.94. The number of hydrogen-bond acceptors (Lipinski definition) is 3. The molecular formula is C9H15N3. The second-order valence-corrected chi connectivity index (χ2v) is 3.01. The largest absolute Gasteiger partial charge is 0.265 e. The van der Waals surface area contributed by atoms with E-state index in [2.05, 4.69) is 29.7 Å². The Bertz CT molecular complexity index is 208. The summed E-state index contributed by atoms with van der Waals surface area (Å²) < 4.78 is 0. The van der Waals surface area contributed by atoms with Gasteiger partial charge >= 0.3 is 0 Å². The molecule has 0 radical (unpaired) electrons. The van der Waals surface area contributed by atoms with Gasteiger partial charge in [0.25, 0.3) is 0 Å². The average Bonchev–Trinajstić information content (AvgIpc) is 2.05. The zero-order valence-electron chi connectivity index (χ0n) is 7.54. The molecule has 1 aromatic heterocycles. The Labute approximate surface area is 73.2 Å². The number of nitrogens with one attached hydrogen (secondary N) is 2. The van der Waals surface area contributed by atoms with Gasteiger partial charge in [-0.25, -0.2) is 0 Å². The molecule has 0 saturated heterocycles. The molecular weight excluding hydrogens is 150 g/mol. The van der Waals surface area contributed by atoms with Crippen molar-refractivity contribution >= 4 is 0 Å². The SMILES string of the molecule is CC(C)NNCc1ccncc1. The zero-order valence-corrected chi connectivity index (χ0v) is 7.54. The van der Waals surface area contributed by atoms with Crippen LogP contribution in [0.15, 0.2) is 24.5 Å². The van der Waals surface area contributed by atoms with Gasteiger partial charge in [-0.2, -0.15) is 0 Å². The quantitative estimate of drug-likeness (QED) is 0.656. The van der Waals surface area contributed by atoms with Crippen molar-refractivity contribution in [3.8, 4) is 0 Å². The minimum absolute atomic E-state index is 0.465. The molecule has 0 aliphatic carbocycles. The monoisotopic (exact) mass is 165 g/mol. The van der Waals surface area contributed by atoms with Crippen LogP contribution in [0.25, 0.3) is 0 Å². The Balaban J connectivity index is 2.25. The van der Waals surface area contributed by atoms with E-state index in [1.807, 2.05) is 12.1 Å². The summed E-state index contributed by atoms with van der Waals surface area (Å²) in [7, 11) is 0. The van der Waals surface area contributed by atoms with Crippen LogP contribution < -0.4 is 10.9 Å². The van der Waals surface area contributed by atoms with Gasteiger partial charge in [0.2, 0.25) is 0 Å². The smallest absolute Gasteiger partial charge is 0.0352 e. The fourth-order valence-electron chi connectivity index (χ4n) is 0.858. The fourth-order valence-corrected chi connectivity index (χ4v) is 0.858. The van der Waals surface area contributed by atoms with Crippen LogP contribution in [-0.2, 0) is 6.54 Å². The molecule has 1 aromatic rings. The molecule has 3 nitrogen and oxygen atoms in total. The Hall–Kier alpha value is -0.930. The number of hydrogen-bond donors (Lipinski definition) is 2. The van der Waals surface area contributed by atoms with Gasteiger partial charge in [-0.3, -0.25) is 15.8 Å². The van der Waals surface area contributed by atoms with Crippen LogP contribution in [-0.4, -0.2) is 11.0 Å². The van der Waals surface area contributed by atoms with Crippen LogP contribution in [0.4, 0.5) is 0 Å². The van der Waals surface area contributed by atoms with Crippen LogP contribution in [0, 0.1) is 0 Å². The molecule has 0 saturated carbocycles. The Morgan fingerprint density at radius 2 is 2.00 bits per heavy atom. The van der Waals surface area contributed by atoms with E-state index < -0.39 is 0 Å². The number of rotatable bonds is 4. The molecule has 0 aliphatic rings. The molecule has 0 bridgehead atoms. The van der Waals surface area contributed by atoms with E-state index >= 15 is 0 Å². The highest BCUT2D eigenvalue weighted by Crippen LogP contribution is 1.93. The van der Waals surface area contributed by atoms with E-state index in [0.29, 0.717) is 6.04 Å². The first-order chi connectivity index (χ1) is 5.79. The number of pyridine rings is 1. The highest BCUT2D eigenvalue weighted by atomic mass is 15.4. The zero-order chi connectivity index (χ0) is 8.81. The normalized spacial score (nSPS) is 10.6. The fraction of sp³-hybridized carbons (Fsp3) is 0.444. The topological polar surface area (TPSA) is 37.0 Å². The second-order valence-electron chi connectivity index (χ2n) is 3.01. The molecule has 2 N–H and O–H groups in total. The highest BCUT2D eigenvalue weighted by Gasteiger charge is 1.91. The molecule has 0 spiro atoms. The lowest BCUT2D eigenvalue weighted by Crippen LogP contribution is -2.36. The molecule has 0 atom stereocenters. The molecule has 1 rings (SSSR count). The molecule has 0 aliphatic heterocycles. The van der Waals surface area contributed by atoms with Crippen molar-refractivity contribution in [1.29, 1.82) is 0 Å². The van der Waals surface area contributed by atoms with Gasteiger partial charge in [0.05, 0.1) is 0 Å². The summed E-state index contributed by atoms with van der Waals surface area (Å²) in [5.74, 6) is 0. The summed E-state index contributed by atoms with van der Waals surface area (Å²) >= 11 is 0. The minimum Gasteiger partial charge on any atom is -0.265 e. The van der Waals surface area contributed by atoms with Gasteiger partial charge in [-0.15, -0.1) is 0 Å². The van der Waals surface area contributed by atoms with Crippen molar-refractivity contribution in [2.45, 2.75) is 26.4 Å². The van der Waals surface area contributed by atoms with Crippen LogP contribution in [0.5, 0.6) is 0 Å². The van der Waals surface area contributed by atoms with Crippen molar-refractivity contribution < 1.29 is 0 Å². The summed E-state index contributed by atoms with van der Waals surface area (Å²) in [5, 5.41) is 0. The first-order valence-corrected chi connectivity index (χ1v) is 4.16. The van der Waals surface area contributed by atoms with E-state index in [-0.39, 0.29) is 0 Å². The van der Waals surface area contributed by atoms with Gasteiger partial charge in [-0.05, 0) is 31.5 Å². The molecule has 1 heterocycles. The Morgan fingerprint density at radius 1 is 1.33 bits per heavy atom. The molecule has 3 heteroatoms. The van der Waals surface area contributed by atoms with E-state index in [1.165, 1.54) is 5.56 Å². The van der Waals surface area contributed by atoms with Gasteiger partial charge in [-0.1, -0.05) is 0 Å². The number of aromatic nitrogens is 1. The minimum atomic E-state index is 0.465. The molecule has 0 aromatic carbocycles. The lowest BCUT2D eigenvalue weighted by atomic mass is 10.3. The first kappa shape index (κ1) is 9.16. The van der Waals surface area contributed by atoms with Crippen molar-refractivity contribution in [1.82, 2.24) is 15.8 Å². The Kier molecular flexibility index (Phi) is 3.70. The van der Waals surface area contributed by atoms with Crippen molar-refractivity contribution in [3.05, 3.63) is 30.1 Å². The first-order valence-electron chi connectivity index (χ1n) is 4.16. The van der Waals surface area contributed by atoms with E-state index in [4.69, 9.17) is 0 Å². The summed E-state index contributed by atoms with van der Waals surface area (Å²) in [6.45, 7) is 5.03. The predicted octanol–water partition coefficient (Wildman–Crippen LogP) is 1.08. The van der Waals surface area contributed by atoms with Gasteiger partial charge in [0.15, 0.2) is 0 Å². The summed E-state index contributed by atoms with van der Waals surface area (Å²) in [6, 6.07) is 4.45. The van der Waals surface area contributed by atoms with E-state index in [0.717, 1.165) is 6.54 Å². The highest BCUT2D eigenvalue weighted by molar-refractivity contribution is 5.08. The average molecular weight is 165 g/mol. The Morgan fingerprint density at radius 3 is 2.58 bits per heavy atom. The summed E-state index contributed by atoms with van der Waals surface area (Å²) in [4.78, 5) is 3.94. The van der Waals surface area contributed by atoms with Crippen LogP contribution >= 0.6 is 0 Å². The van der Waals surface area contributed by atoms with Gasteiger partial charge < -0.3 is 0 Å². The third kappa shape index (κ3) is 3.46. The van der Waals surface area contributed by atoms with Crippen molar-refractivity contribution in [2.75, 3.05) is 0 Å². The third-order valence-electron chi connectivity index (χ3n) is 1.43. The van der Waals surface area contributed by atoms with Gasteiger partial charge in [0, 0.05) is 25.0 Å². The summed E-state index contributed by atoms with van der Waals surface area (Å²) in [6.07, 6.45) is 3.60. The standard InChI is InChI=1S/C9H15N3/c1-8(2)12-11-7-9-3-5-10-6-4-9/h3-6,8,11-12H,7H2,1-2H3. The third-order valence-corrected chi connectivity index (χ3v) is 1.43. The molecule has 0 amide bonds. The number of hydrazine groups is 1. The molecule has 12 heavy (non-hydrogen) atoms. The van der Waals surface area contributed by atoms with Crippen LogP contribution in [0.1, 0.15) is 19.4 Å². The van der Waals surface area contributed by atoms with Gasteiger partial charge in [0.1, 0.15) is 0 Å². The maximum atomic E-state index is 3.94. The maximum Gasteiger partial charge on any atom is 0.0352 e. The molecule has 0 unspecified atom stereocenters.